The SMILES string of the molecule is CC(C)(C)c1ccc(N(c2ccc3cc4c5cccc6c7c8ccc(N(c9ccc(C(C)(C)C)cc9)c9cccc%10c9oc9cc(-c%11ccccc%11)ccc9%10)cc8oc7n(c4cc3c2)c56)c2cccc3c2oc2cc(-c4ccccc4)ccc23)cc1. The average molecular weight is 1110 g/mol. The predicted octanol–water partition coefficient (Wildman–Crippen LogP) is 23.4. The van der Waals surface area contributed by atoms with Crippen molar-refractivity contribution in [1.29, 1.82) is 0 Å². The van der Waals surface area contributed by atoms with E-state index in [0.717, 1.165) is 144 Å². The molecule has 12 aromatic carbocycles. The Morgan fingerprint density at radius 3 is 1.35 bits per heavy atom. The Kier molecular flexibility index (Phi) is 10.7. The van der Waals surface area contributed by atoms with Gasteiger partial charge in [-0.15, -0.1) is 0 Å². The fourth-order valence-corrected chi connectivity index (χ4v) is 13.6. The molecule has 17 rings (SSSR count). The summed E-state index contributed by atoms with van der Waals surface area (Å²) in [5.41, 5.74) is 20.3. The molecule has 6 heteroatoms. The number of para-hydroxylation sites is 3. The highest BCUT2D eigenvalue weighted by Gasteiger charge is 2.27. The first-order chi connectivity index (χ1) is 41.9. The highest BCUT2D eigenvalue weighted by Crippen LogP contribution is 2.49. The number of rotatable bonds is 8. The summed E-state index contributed by atoms with van der Waals surface area (Å²) in [6.07, 6.45) is 0. The first-order valence-electron chi connectivity index (χ1n) is 29.8. The average Bonchev–Trinajstić information content (AvgIpc) is 1.57. The van der Waals surface area contributed by atoms with E-state index in [1.807, 2.05) is 0 Å². The summed E-state index contributed by atoms with van der Waals surface area (Å²) < 4.78 is 23.6. The van der Waals surface area contributed by atoms with E-state index < -0.39 is 0 Å². The van der Waals surface area contributed by atoms with Gasteiger partial charge >= 0.3 is 0 Å². The van der Waals surface area contributed by atoms with Crippen molar-refractivity contribution < 1.29 is 13.3 Å². The highest BCUT2D eigenvalue weighted by atomic mass is 16.3. The van der Waals surface area contributed by atoms with Crippen molar-refractivity contribution in [2.24, 2.45) is 0 Å². The Bertz CT molecular complexity index is 5540. The normalized spacial score (nSPS) is 12.5. The fraction of sp³-hybridized carbons (Fsp3) is 0.100. The second-order valence-electron chi connectivity index (χ2n) is 25.3. The van der Waals surface area contributed by atoms with Crippen LogP contribution in [0, 0.1) is 0 Å². The van der Waals surface area contributed by atoms with Gasteiger partial charge in [0.25, 0.3) is 0 Å². The van der Waals surface area contributed by atoms with E-state index >= 15 is 0 Å². The molecular formula is C80H59N3O3. The van der Waals surface area contributed by atoms with Crippen LogP contribution >= 0.6 is 0 Å². The Balaban J connectivity index is 0.828. The van der Waals surface area contributed by atoms with Gasteiger partial charge in [0.05, 0.1) is 33.5 Å². The molecule has 5 heterocycles. The van der Waals surface area contributed by atoms with Crippen LogP contribution in [0.3, 0.4) is 0 Å². The summed E-state index contributed by atoms with van der Waals surface area (Å²) in [6, 6.07) is 90.1. The van der Waals surface area contributed by atoms with Crippen LogP contribution in [0.1, 0.15) is 52.7 Å². The molecule has 5 aromatic heterocycles. The number of anilines is 6. The van der Waals surface area contributed by atoms with E-state index in [1.165, 1.54) is 27.3 Å². The smallest absolute Gasteiger partial charge is 0.213 e. The van der Waals surface area contributed by atoms with Gasteiger partial charge in [-0.2, -0.15) is 0 Å². The molecule has 412 valence electrons. The Hall–Kier alpha value is -10.6. The second kappa shape index (κ2) is 18.5. The molecule has 0 fully saturated rings. The molecule has 0 N–H and O–H groups in total. The molecular weight excluding hydrogens is 1050 g/mol. The van der Waals surface area contributed by atoms with Gasteiger partial charge < -0.3 is 23.1 Å². The zero-order valence-electron chi connectivity index (χ0n) is 48.7. The standard InChI is InChI=1S/C80H59N3O3/c1-79(2,3)54-29-34-56(35-30-54)81(68-24-14-21-63-60-39-27-51(45-71(60)84-76(63)68)48-16-9-7-10-17-48)58-33-26-50-43-67-62-20-13-23-66-74-65-41-38-59(47-73(65)86-78(74)83(75(62)66)70(67)44-53(50)42-58)82(57-36-31-55(32-37-57)80(4,5)6)69-25-15-22-64-61-40-28-52(46-72(61)85-77(64)69)49-18-11-8-12-19-49/h7-47H,1-6H3. The number of benzene rings is 12. The summed E-state index contributed by atoms with van der Waals surface area (Å²) in [6.45, 7) is 13.6. The number of hydrogen-bond donors (Lipinski definition) is 0. The van der Waals surface area contributed by atoms with Crippen molar-refractivity contribution in [3.63, 3.8) is 0 Å². The molecule has 0 spiro atoms. The van der Waals surface area contributed by atoms with Crippen LogP contribution < -0.4 is 9.80 Å². The van der Waals surface area contributed by atoms with Gasteiger partial charge in [0.15, 0.2) is 11.2 Å². The van der Waals surface area contributed by atoms with E-state index in [4.69, 9.17) is 13.3 Å². The molecule has 6 nitrogen and oxygen atoms in total. The monoisotopic (exact) mass is 1110 g/mol. The highest BCUT2D eigenvalue weighted by molar-refractivity contribution is 6.29. The van der Waals surface area contributed by atoms with Crippen molar-refractivity contribution in [1.82, 2.24) is 4.40 Å². The first-order valence-corrected chi connectivity index (χ1v) is 29.8. The van der Waals surface area contributed by atoms with Crippen LogP contribution in [-0.4, -0.2) is 4.40 Å². The molecule has 0 aliphatic carbocycles. The van der Waals surface area contributed by atoms with E-state index in [1.54, 1.807) is 0 Å². The van der Waals surface area contributed by atoms with Gasteiger partial charge in [0.1, 0.15) is 16.7 Å². The summed E-state index contributed by atoms with van der Waals surface area (Å²) in [4.78, 5) is 4.68. The summed E-state index contributed by atoms with van der Waals surface area (Å²) in [5, 5.41) is 12.3. The lowest BCUT2D eigenvalue weighted by atomic mass is 9.87. The zero-order chi connectivity index (χ0) is 57.7. The third-order valence-corrected chi connectivity index (χ3v) is 18.0. The van der Waals surface area contributed by atoms with Crippen molar-refractivity contribution >= 4 is 138 Å². The van der Waals surface area contributed by atoms with E-state index in [2.05, 4.69) is 304 Å². The zero-order valence-corrected chi connectivity index (χ0v) is 48.7. The van der Waals surface area contributed by atoms with Crippen LogP contribution in [0.15, 0.2) is 262 Å². The minimum Gasteiger partial charge on any atom is -0.454 e. The van der Waals surface area contributed by atoms with Crippen LogP contribution in [0.25, 0.3) is 126 Å². The maximum absolute atomic E-state index is 7.28. The van der Waals surface area contributed by atoms with Gasteiger partial charge in [-0.1, -0.05) is 187 Å². The Morgan fingerprint density at radius 2 is 0.791 bits per heavy atom. The van der Waals surface area contributed by atoms with Crippen LogP contribution in [0.5, 0.6) is 0 Å². The molecule has 0 radical (unpaired) electrons. The van der Waals surface area contributed by atoms with E-state index in [0.29, 0.717) is 0 Å². The van der Waals surface area contributed by atoms with Crippen molar-refractivity contribution in [3.8, 4) is 22.3 Å². The molecule has 0 aliphatic heterocycles. The summed E-state index contributed by atoms with van der Waals surface area (Å²) in [7, 11) is 0. The molecule has 17 aromatic rings. The van der Waals surface area contributed by atoms with Crippen molar-refractivity contribution in [2.45, 2.75) is 52.4 Å². The van der Waals surface area contributed by atoms with E-state index in [9.17, 15) is 0 Å². The molecule has 86 heavy (non-hydrogen) atoms. The van der Waals surface area contributed by atoms with Crippen molar-refractivity contribution in [2.75, 3.05) is 9.80 Å². The number of fused-ring (bicyclic) bond motifs is 15. The minimum absolute atomic E-state index is 0.00376. The summed E-state index contributed by atoms with van der Waals surface area (Å²) in [5.74, 6) is 0. The van der Waals surface area contributed by atoms with Gasteiger partial charge in [0, 0.05) is 66.2 Å². The topological polar surface area (TPSA) is 50.3 Å². The predicted molar refractivity (Wildman–Crippen MR) is 361 cm³/mol. The van der Waals surface area contributed by atoms with Crippen LogP contribution in [0.2, 0.25) is 0 Å². The van der Waals surface area contributed by atoms with Crippen LogP contribution in [0.4, 0.5) is 34.1 Å². The van der Waals surface area contributed by atoms with Crippen molar-refractivity contribution in [3.05, 3.63) is 260 Å². The third-order valence-electron chi connectivity index (χ3n) is 18.0. The number of nitrogens with zero attached hydrogens (tertiary/aromatic N) is 3. The third kappa shape index (κ3) is 7.72. The molecule has 0 bridgehead atoms. The first kappa shape index (κ1) is 50.0. The summed E-state index contributed by atoms with van der Waals surface area (Å²) >= 11 is 0. The maximum Gasteiger partial charge on any atom is 0.213 e. The molecule has 0 amide bonds. The number of furan rings is 3. The number of hydrogen-bond acceptors (Lipinski definition) is 5. The largest absolute Gasteiger partial charge is 0.454 e. The molecule has 0 atom stereocenters. The fourth-order valence-electron chi connectivity index (χ4n) is 13.6. The van der Waals surface area contributed by atoms with Crippen LogP contribution in [-0.2, 0) is 10.8 Å². The molecule has 0 aliphatic rings. The lowest BCUT2D eigenvalue weighted by Crippen LogP contribution is -2.13. The van der Waals surface area contributed by atoms with Gasteiger partial charge in [0.2, 0.25) is 5.71 Å². The molecule has 0 saturated heterocycles. The lowest BCUT2D eigenvalue weighted by molar-refractivity contribution is 0.590. The van der Waals surface area contributed by atoms with Gasteiger partial charge in [-0.05, 0) is 152 Å². The van der Waals surface area contributed by atoms with E-state index in [-0.39, 0.29) is 10.8 Å². The molecule has 0 saturated carbocycles. The Morgan fingerprint density at radius 1 is 0.314 bits per heavy atom. The van der Waals surface area contributed by atoms with Gasteiger partial charge in [-0.25, -0.2) is 0 Å². The Labute approximate surface area is 497 Å². The lowest BCUT2D eigenvalue weighted by Gasteiger charge is -2.27. The maximum atomic E-state index is 7.28. The van der Waals surface area contributed by atoms with Gasteiger partial charge in [-0.3, -0.25) is 4.40 Å². The minimum atomic E-state index is -0.00948. The molecule has 0 unspecified atom stereocenters. The second-order valence-corrected chi connectivity index (χ2v) is 25.3. The number of aromatic nitrogens is 1. The quantitative estimate of drug-likeness (QED) is 0.152.